The molecule has 0 aliphatic carbocycles. The van der Waals surface area contributed by atoms with Gasteiger partial charge < -0.3 is 9.84 Å². The van der Waals surface area contributed by atoms with E-state index in [2.05, 4.69) is 13.0 Å². The second kappa shape index (κ2) is 6.24. The molecule has 1 N–H and O–H groups in total. The minimum absolute atomic E-state index is 0.507. The van der Waals surface area contributed by atoms with Crippen molar-refractivity contribution in [1.29, 1.82) is 0 Å². The van der Waals surface area contributed by atoms with E-state index in [-0.39, 0.29) is 0 Å². The standard InChI is InChI=1S/C17H18O3/c1-3-13-5-4-6-16(11-13)20-15-9-7-14(8-10-15)12(2)17(18)19/h4-12H,3H2,1-2H3,(H,18,19). The van der Waals surface area contributed by atoms with Gasteiger partial charge in [0, 0.05) is 0 Å². The zero-order valence-corrected chi connectivity index (χ0v) is 11.7. The topological polar surface area (TPSA) is 46.5 Å². The summed E-state index contributed by atoms with van der Waals surface area (Å²) in [5.41, 5.74) is 1.99. The molecular weight excluding hydrogens is 252 g/mol. The molecule has 0 aliphatic rings. The van der Waals surface area contributed by atoms with E-state index in [1.54, 1.807) is 31.2 Å². The van der Waals surface area contributed by atoms with E-state index in [1.807, 2.05) is 18.2 Å². The van der Waals surface area contributed by atoms with Crippen LogP contribution in [-0.4, -0.2) is 11.1 Å². The maximum absolute atomic E-state index is 10.9. The summed E-state index contributed by atoms with van der Waals surface area (Å²) in [4.78, 5) is 10.9. The molecule has 2 rings (SSSR count). The Morgan fingerprint density at radius 1 is 1.15 bits per heavy atom. The van der Waals surface area contributed by atoms with Crippen molar-refractivity contribution in [1.82, 2.24) is 0 Å². The van der Waals surface area contributed by atoms with Crippen molar-refractivity contribution >= 4 is 5.97 Å². The molecule has 0 aliphatic heterocycles. The fourth-order valence-electron chi connectivity index (χ4n) is 1.93. The number of carbonyl (C=O) groups is 1. The monoisotopic (exact) mass is 270 g/mol. The normalized spacial score (nSPS) is 11.9. The molecule has 0 aromatic heterocycles. The molecule has 1 atom stereocenters. The summed E-state index contributed by atoms with van der Waals surface area (Å²) in [5, 5.41) is 8.97. The van der Waals surface area contributed by atoms with Crippen LogP contribution in [0.25, 0.3) is 0 Å². The van der Waals surface area contributed by atoms with Crippen molar-refractivity contribution in [3.8, 4) is 11.5 Å². The van der Waals surface area contributed by atoms with Crippen molar-refractivity contribution in [3.63, 3.8) is 0 Å². The summed E-state index contributed by atoms with van der Waals surface area (Å²) in [6, 6.07) is 15.1. The fourth-order valence-corrected chi connectivity index (χ4v) is 1.93. The molecule has 0 radical (unpaired) electrons. The Bertz CT molecular complexity index is 587. The summed E-state index contributed by atoms with van der Waals surface area (Å²) < 4.78 is 5.77. The van der Waals surface area contributed by atoms with Crippen molar-refractivity contribution in [2.24, 2.45) is 0 Å². The van der Waals surface area contributed by atoms with Crippen LogP contribution < -0.4 is 4.74 Å². The lowest BCUT2D eigenvalue weighted by Crippen LogP contribution is -2.06. The Morgan fingerprint density at radius 3 is 2.45 bits per heavy atom. The number of rotatable bonds is 5. The summed E-state index contributed by atoms with van der Waals surface area (Å²) in [7, 11) is 0. The number of ether oxygens (including phenoxy) is 1. The van der Waals surface area contributed by atoms with Crippen LogP contribution in [0.15, 0.2) is 48.5 Å². The van der Waals surface area contributed by atoms with Crippen LogP contribution in [0.4, 0.5) is 0 Å². The zero-order chi connectivity index (χ0) is 14.5. The molecule has 0 amide bonds. The molecule has 0 fully saturated rings. The highest BCUT2D eigenvalue weighted by molar-refractivity contribution is 5.75. The number of aryl methyl sites for hydroxylation is 1. The first kappa shape index (κ1) is 14.1. The third-order valence-electron chi connectivity index (χ3n) is 3.29. The average molecular weight is 270 g/mol. The summed E-state index contributed by atoms with van der Waals surface area (Å²) >= 11 is 0. The molecule has 0 saturated carbocycles. The van der Waals surface area contributed by atoms with Gasteiger partial charge in [-0.25, -0.2) is 0 Å². The number of benzene rings is 2. The molecule has 2 aromatic carbocycles. The smallest absolute Gasteiger partial charge is 0.310 e. The first-order chi connectivity index (χ1) is 9.60. The van der Waals surface area contributed by atoms with Gasteiger partial charge in [0.1, 0.15) is 11.5 Å². The van der Waals surface area contributed by atoms with Gasteiger partial charge in [0.15, 0.2) is 0 Å². The molecule has 3 heteroatoms. The predicted molar refractivity (Wildman–Crippen MR) is 78.4 cm³/mol. The third-order valence-corrected chi connectivity index (χ3v) is 3.29. The van der Waals surface area contributed by atoms with E-state index >= 15 is 0 Å². The van der Waals surface area contributed by atoms with Gasteiger partial charge in [-0.15, -0.1) is 0 Å². The fraction of sp³-hybridized carbons (Fsp3) is 0.235. The number of carboxylic acid groups (broad SMARTS) is 1. The van der Waals surface area contributed by atoms with Gasteiger partial charge in [-0.1, -0.05) is 31.2 Å². The minimum Gasteiger partial charge on any atom is -0.481 e. The van der Waals surface area contributed by atoms with E-state index in [9.17, 15) is 4.79 Å². The highest BCUT2D eigenvalue weighted by Crippen LogP contribution is 2.25. The van der Waals surface area contributed by atoms with Gasteiger partial charge in [0.25, 0.3) is 0 Å². The average Bonchev–Trinajstić information content (AvgIpc) is 2.47. The van der Waals surface area contributed by atoms with E-state index < -0.39 is 11.9 Å². The molecule has 0 spiro atoms. The lowest BCUT2D eigenvalue weighted by Gasteiger charge is -2.09. The molecule has 3 nitrogen and oxygen atoms in total. The summed E-state index contributed by atoms with van der Waals surface area (Å²) in [5.74, 6) is 0.171. The first-order valence-electron chi connectivity index (χ1n) is 6.69. The molecular formula is C17H18O3. The zero-order valence-electron chi connectivity index (χ0n) is 11.7. The number of hydrogen-bond acceptors (Lipinski definition) is 2. The quantitative estimate of drug-likeness (QED) is 0.884. The Hall–Kier alpha value is -2.29. The van der Waals surface area contributed by atoms with E-state index in [0.29, 0.717) is 5.75 Å². The van der Waals surface area contributed by atoms with Crippen molar-refractivity contribution in [2.45, 2.75) is 26.2 Å². The Kier molecular flexibility index (Phi) is 4.41. The van der Waals surface area contributed by atoms with Gasteiger partial charge >= 0.3 is 5.97 Å². The SMILES string of the molecule is CCc1cccc(Oc2ccc(C(C)C(=O)O)cc2)c1. The highest BCUT2D eigenvalue weighted by atomic mass is 16.5. The van der Waals surface area contributed by atoms with E-state index in [1.165, 1.54) is 5.56 Å². The van der Waals surface area contributed by atoms with Gasteiger partial charge in [0.2, 0.25) is 0 Å². The molecule has 0 bridgehead atoms. The maximum atomic E-state index is 10.9. The van der Waals surface area contributed by atoms with Crippen molar-refractivity contribution in [3.05, 3.63) is 59.7 Å². The lowest BCUT2D eigenvalue weighted by molar-refractivity contribution is -0.138. The third kappa shape index (κ3) is 3.38. The van der Waals surface area contributed by atoms with E-state index in [4.69, 9.17) is 9.84 Å². The second-order valence-electron chi connectivity index (χ2n) is 4.73. The predicted octanol–water partition coefficient (Wildman–Crippen LogP) is 4.23. The summed E-state index contributed by atoms with van der Waals surface area (Å²) in [6.07, 6.45) is 0.965. The van der Waals surface area contributed by atoms with E-state index in [0.717, 1.165) is 17.7 Å². The number of hydrogen-bond donors (Lipinski definition) is 1. The van der Waals surface area contributed by atoms with Crippen LogP contribution in [0.1, 0.15) is 30.9 Å². The molecule has 0 heterocycles. The van der Waals surface area contributed by atoms with Crippen LogP contribution in [0.5, 0.6) is 11.5 Å². The van der Waals surface area contributed by atoms with Gasteiger partial charge in [0.05, 0.1) is 5.92 Å². The van der Waals surface area contributed by atoms with Crippen LogP contribution in [-0.2, 0) is 11.2 Å². The van der Waals surface area contributed by atoms with Crippen LogP contribution in [0, 0.1) is 0 Å². The van der Waals surface area contributed by atoms with Crippen molar-refractivity contribution < 1.29 is 14.6 Å². The van der Waals surface area contributed by atoms with Gasteiger partial charge in [-0.05, 0) is 48.7 Å². The summed E-state index contributed by atoms with van der Waals surface area (Å²) in [6.45, 7) is 3.77. The number of carboxylic acids is 1. The minimum atomic E-state index is -0.825. The van der Waals surface area contributed by atoms with Crippen LogP contribution in [0.3, 0.4) is 0 Å². The molecule has 1 unspecified atom stereocenters. The molecule has 104 valence electrons. The molecule has 2 aromatic rings. The first-order valence-corrected chi connectivity index (χ1v) is 6.69. The largest absolute Gasteiger partial charge is 0.481 e. The Morgan fingerprint density at radius 2 is 1.85 bits per heavy atom. The second-order valence-corrected chi connectivity index (χ2v) is 4.73. The Labute approximate surface area is 118 Å². The van der Waals surface area contributed by atoms with Crippen molar-refractivity contribution in [2.75, 3.05) is 0 Å². The van der Waals surface area contributed by atoms with Crippen LogP contribution >= 0.6 is 0 Å². The van der Waals surface area contributed by atoms with Gasteiger partial charge in [-0.2, -0.15) is 0 Å². The lowest BCUT2D eigenvalue weighted by atomic mass is 10.0. The Balaban J connectivity index is 2.12. The highest BCUT2D eigenvalue weighted by Gasteiger charge is 2.13. The van der Waals surface area contributed by atoms with Crippen LogP contribution in [0.2, 0.25) is 0 Å². The molecule has 20 heavy (non-hydrogen) atoms. The molecule has 0 saturated heterocycles. The van der Waals surface area contributed by atoms with Gasteiger partial charge in [-0.3, -0.25) is 4.79 Å². The number of aliphatic carboxylic acids is 1. The maximum Gasteiger partial charge on any atom is 0.310 e.